The molecule has 2 aromatic carbocycles. The molecule has 0 aromatic heterocycles. The normalized spacial score (nSPS) is 10.2. The lowest BCUT2D eigenvalue weighted by Gasteiger charge is -2.14. The van der Waals surface area contributed by atoms with E-state index in [2.05, 4.69) is 0 Å². The van der Waals surface area contributed by atoms with Gasteiger partial charge in [0, 0.05) is 0 Å². The number of carbonyl (C=O) groups is 2. The summed E-state index contributed by atoms with van der Waals surface area (Å²) < 4.78 is 16.3. The summed E-state index contributed by atoms with van der Waals surface area (Å²) in [5.41, 5.74) is 1.17. The molecule has 0 saturated heterocycles. The number of carboxylic acid groups (broad SMARTS) is 2. The third kappa shape index (κ3) is 4.87. The van der Waals surface area contributed by atoms with Crippen molar-refractivity contribution in [2.24, 2.45) is 0 Å². The highest BCUT2D eigenvalue weighted by molar-refractivity contribution is 5.71. The highest BCUT2D eigenvalue weighted by atomic mass is 16.5. The molecule has 0 aliphatic heterocycles. The van der Waals surface area contributed by atoms with Crippen LogP contribution < -0.4 is 14.2 Å². The van der Waals surface area contributed by atoms with Gasteiger partial charge in [0.25, 0.3) is 0 Å². The lowest BCUT2D eigenvalue weighted by Crippen LogP contribution is -2.02. The summed E-state index contributed by atoms with van der Waals surface area (Å²) in [6, 6.07) is 9.68. The predicted octanol–water partition coefficient (Wildman–Crippen LogP) is 2.75. The first kappa shape index (κ1) is 18.1. The summed E-state index contributed by atoms with van der Waals surface area (Å²) >= 11 is 0. The molecular weight excluding hydrogens is 328 g/mol. The van der Waals surface area contributed by atoms with Crippen LogP contribution in [0.3, 0.4) is 0 Å². The Morgan fingerprint density at radius 3 is 1.48 bits per heavy atom. The van der Waals surface area contributed by atoms with Crippen LogP contribution in [0.15, 0.2) is 36.4 Å². The Hall–Kier alpha value is -3.22. The predicted molar refractivity (Wildman–Crippen MR) is 88.7 cm³/mol. The van der Waals surface area contributed by atoms with Crippen molar-refractivity contribution in [3.8, 4) is 23.0 Å². The zero-order valence-electron chi connectivity index (χ0n) is 13.8. The molecule has 0 spiro atoms. The first-order chi connectivity index (χ1) is 11.9. The van der Waals surface area contributed by atoms with Crippen molar-refractivity contribution in [3.05, 3.63) is 47.5 Å². The number of aliphatic carboxylic acids is 2. The van der Waals surface area contributed by atoms with Crippen LogP contribution >= 0.6 is 0 Å². The number of hydrogen-bond donors (Lipinski definition) is 2. The summed E-state index contributed by atoms with van der Waals surface area (Å²) in [6.07, 6.45) is -0.242. The van der Waals surface area contributed by atoms with Crippen LogP contribution in [0, 0.1) is 0 Å². The second-order valence-electron chi connectivity index (χ2n) is 5.21. The molecule has 0 aliphatic rings. The van der Waals surface area contributed by atoms with E-state index in [-0.39, 0.29) is 12.8 Å². The Bertz CT molecular complexity index is 717. The van der Waals surface area contributed by atoms with E-state index in [0.717, 1.165) is 0 Å². The highest BCUT2D eigenvalue weighted by Crippen LogP contribution is 2.37. The van der Waals surface area contributed by atoms with E-state index in [1.807, 2.05) is 0 Å². The molecule has 0 unspecified atom stereocenters. The summed E-state index contributed by atoms with van der Waals surface area (Å²) in [4.78, 5) is 21.6. The molecule has 7 heteroatoms. The Kier molecular flexibility index (Phi) is 5.84. The molecule has 7 nitrogen and oxygen atoms in total. The molecule has 0 amide bonds. The van der Waals surface area contributed by atoms with E-state index < -0.39 is 11.9 Å². The molecule has 0 fully saturated rings. The van der Waals surface area contributed by atoms with Crippen molar-refractivity contribution < 1.29 is 34.0 Å². The number of rotatable bonds is 8. The number of benzene rings is 2. The molecule has 0 heterocycles. The van der Waals surface area contributed by atoms with Crippen LogP contribution in [0.1, 0.15) is 11.1 Å². The van der Waals surface area contributed by atoms with Crippen molar-refractivity contribution in [1.29, 1.82) is 0 Å². The van der Waals surface area contributed by atoms with Gasteiger partial charge in [-0.2, -0.15) is 0 Å². The molecule has 2 N–H and O–H groups in total. The Labute approximate surface area is 144 Å². The van der Waals surface area contributed by atoms with E-state index in [1.54, 1.807) is 36.4 Å². The Morgan fingerprint density at radius 2 is 1.16 bits per heavy atom. The topological polar surface area (TPSA) is 102 Å². The second-order valence-corrected chi connectivity index (χ2v) is 5.21. The fraction of sp³-hybridized carbons (Fsp3) is 0.222. The Morgan fingerprint density at radius 1 is 0.760 bits per heavy atom. The monoisotopic (exact) mass is 346 g/mol. The van der Waals surface area contributed by atoms with Gasteiger partial charge in [0.05, 0.1) is 27.1 Å². The van der Waals surface area contributed by atoms with Crippen molar-refractivity contribution in [2.45, 2.75) is 12.8 Å². The molecular formula is C18H18O7. The number of hydrogen-bond acceptors (Lipinski definition) is 5. The van der Waals surface area contributed by atoms with Crippen LogP contribution in [-0.2, 0) is 22.4 Å². The van der Waals surface area contributed by atoms with Gasteiger partial charge in [-0.15, -0.1) is 0 Å². The first-order valence-corrected chi connectivity index (χ1v) is 7.38. The van der Waals surface area contributed by atoms with Crippen LogP contribution in [0.5, 0.6) is 23.0 Å². The van der Waals surface area contributed by atoms with Gasteiger partial charge in [-0.05, 0) is 35.4 Å². The zero-order valence-corrected chi connectivity index (χ0v) is 13.8. The lowest BCUT2D eigenvalue weighted by atomic mass is 10.1. The average molecular weight is 346 g/mol. The van der Waals surface area contributed by atoms with E-state index in [9.17, 15) is 9.59 Å². The smallest absolute Gasteiger partial charge is 0.307 e. The van der Waals surface area contributed by atoms with Gasteiger partial charge >= 0.3 is 11.9 Å². The molecule has 132 valence electrons. The zero-order chi connectivity index (χ0) is 18.4. The molecule has 0 atom stereocenters. The maximum absolute atomic E-state index is 10.8. The quantitative estimate of drug-likeness (QED) is 0.757. The fourth-order valence-electron chi connectivity index (χ4n) is 2.28. The third-order valence-electron chi connectivity index (χ3n) is 3.39. The van der Waals surface area contributed by atoms with Crippen molar-refractivity contribution >= 4 is 11.9 Å². The molecule has 2 rings (SSSR count). The van der Waals surface area contributed by atoms with Gasteiger partial charge in [-0.3, -0.25) is 9.59 Å². The minimum absolute atomic E-state index is 0.121. The highest BCUT2D eigenvalue weighted by Gasteiger charge is 2.13. The van der Waals surface area contributed by atoms with Crippen molar-refractivity contribution in [3.63, 3.8) is 0 Å². The SMILES string of the molecule is COc1cc(CC(=O)O)ccc1Oc1ccc(CC(=O)O)cc1OC. The fourth-order valence-corrected chi connectivity index (χ4v) is 2.28. The largest absolute Gasteiger partial charge is 0.493 e. The lowest BCUT2D eigenvalue weighted by molar-refractivity contribution is -0.137. The summed E-state index contributed by atoms with van der Waals surface area (Å²) in [5, 5.41) is 17.7. The molecule has 0 saturated carbocycles. The first-order valence-electron chi connectivity index (χ1n) is 7.38. The summed E-state index contributed by atoms with van der Waals surface area (Å²) in [6.45, 7) is 0. The van der Waals surface area contributed by atoms with Gasteiger partial charge in [0.15, 0.2) is 23.0 Å². The average Bonchev–Trinajstić information content (AvgIpc) is 2.56. The molecule has 0 bridgehead atoms. The number of methoxy groups -OCH3 is 2. The summed E-state index contributed by atoms with van der Waals surface area (Å²) in [7, 11) is 2.92. The van der Waals surface area contributed by atoms with E-state index in [4.69, 9.17) is 24.4 Å². The Balaban J connectivity index is 2.29. The summed E-state index contributed by atoms with van der Waals surface area (Å²) in [5.74, 6) is -0.328. The number of carboxylic acids is 2. The minimum Gasteiger partial charge on any atom is -0.493 e. The van der Waals surface area contributed by atoms with Crippen LogP contribution in [0.2, 0.25) is 0 Å². The van der Waals surface area contributed by atoms with E-state index >= 15 is 0 Å². The maximum atomic E-state index is 10.8. The van der Waals surface area contributed by atoms with Gasteiger partial charge in [0.2, 0.25) is 0 Å². The minimum atomic E-state index is -0.939. The van der Waals surface area contributed by atoms with Gasteiger partial charge in [-0.25, -0.2) is 0 Å². The third-order valence-corrected chi connectivity index (χ3v) is 3.39. The molecule has 2 aromatic rings. The van der Waals surface area contributed by atoms with Gasteiger partial charge in [0.1, 0.15) is 0 Å². The van der Waals surface area contributed by atoms with Crippen molar-refractivity contribution in [2.75, 3.05) is 14.2 Å². The van der Waals surface area contributed by atoms with Crippen LogP contribution in [-0.4, -0.2) is 36.4 Å². The van der Waals surface area contributed by atoms with Gasteiger partial charge in [-0.1, -0.05) is 12.1 Å². The van der Waals surface area contributed by atoms with E-state index in [0.29, 0.717) is 34.1 Å². The van der Waals surface area contributed by atoms with Gasteiger partial charge < -0.3 is 24.4 Å². The van der Waals surface area contributed by atoms with Crippen molar-refractivity contribution in [1.82, 2.24) is 0 Å². The molecule has 25 heavy (non-hydrogen) atoms. The number of ether oxygens (including phenoxy) is 3. The standard InChI is InChI=1S/C18H18O7/c1-23-15-7-11(9-17(19)20)3-5-13(15)25-14-6-4-12(10-18(21)22)8-16(14)24-2/h3-8H,9-10H2,1-2H3,(H,19,20)(H,21,22). The van der Waals surface area contributed by atoms with Crippen LogP contribution in [0.4, 0.5) is 0 Å². The molecule has 0 radical (unpaired) electrons. The maximum Gasteiger partial charge on any atom is 0.307 e. The molecule has 0 aliphatic carbocycles. The second kappa shape index (κ2) is 8.05. The van der Waals surface area contributed by atoms with Crippen LogP contribution in [0.25, 0.3) is 0 Å². The van der Waals surface area contributed by atoms with E-state index in [1.165, 1.54) is 14.2 Å².